The largest absolute Gasteiger partial charge is 0.421 e. The fourth-order valence-corrected chi connectivity index (χ4v) is 2.55. The summed E-state index contributed by atoms with van der Waals surface area (Å²) in [7, 11) is 0. The van der Waals surface area contributed by atoms with Crippen LogP contribution in [-0.2, 0) is 12.1 Å². The minimum atomic E-state index is -4.93. The topological polar surface area (TPSA) is 87.4 Å². The standard InChI is InChI=1S/C15H14Cl2F3N3O3/c1-7-3-9(23-26-7)6-21-13(24)22-12-10(16)4-8(5-11(12)17)14(2,25)15(18,19)20/h3-5,25H,6H2,1-2H3,(H2,21,22,24). The molecule has 0 fully saturated rings. The number of benzene rings is 1. The number of aromatic nitrogens is 1. The Morgan fingerprint density at radius 1 is 1.27 bits per heavy atom. The van der Waals surface area contributed by atoms with E-state index in [9.17, 15) is 23.1 Å². The quantitative estimate of drug-likeness (QED) is 0.696. The molecule has 0 aliphatic heterocycles. The fraction of sp³-hybridized carbons (Fsp3) is 0.333. The molecule has 0 saturated heterocycles. The van der Waals surface area contributed by atoms with Gasteiger partial charge in [-0.25, -0.2) is 4.79 Å². The van der Waals surface area contributed by atoms with E-state index in [1.807, 2.05) is 0 Å². The number of aryl methyl sites for hydroxylation is 1. The van der Waals surface area contributed by atoms with Crippen molar-refractivity contribution < 1.29 is 27.6 Å². The number of urea groups is 1. The summed E-state index contributed by atoms with van der Waals surface area (Å²) in [6.45, 7) is 2.32. The van der Waals surface area contributed by atoms with Gasteiger partial charge in [0.1, 0.15) is 11.5 Å². The lowest BCUT2D eigenvalue weighted by molar-refractivity contribution is -0.258. The molecule has 3 N–H and O–H groups in total. The van der Waals surface area contributed by atoms with Crippen LogP contribution in [0.1, 0.15) is 23.9 Å². The molecule has 1 unspecified atom stereocenters. The minimum Gasteiger partial charge on any atom is -0.376 e. The van der Waals surface area contributed by atoms with Crippen LogP contribution >= 0.6 is 23.2 Å². The first-order valence-corrected chi connectivity index (χ1v) is 7.93. The van der Waals surface area contributed by atoms with Crippen LogP contribution in [0.5, 0.6) is 0 Å². The highest BCUT2D eigenvalue weighted by atomic mass is 35.5. The Morgan fingerprint density at radius 3 is 2.31 bits per heavy atom. The maximum atomic E-state index is 12.9. The molecule has 2 rings (SSSR count). The predicted molar refractivity (Wildman–Crippen MR) is 89.2 cm³/mol. The molecule has 0 bridgehead atoms. The average Bonchev–Trinajstić information content (AvgIpc) is 2.93. The van der Waals surface area contributed by atoms with E-state index in [0.717, 1.165) is 12.1 Å². The molecule has 1 heterocycles. The number of anilines is 1. The number of carbonyl (C=O) groups excluding carboxylic acids is 1. The zero-order chi connectivity index (χ0) is 19.7. The molecule has 1 atom stereocenters. The van der Waals surface area contributed by atoms with E-state index in [1.54, 1.807) is 13.0 Å². The molecule has 0 aliphatic rings. The van der Waals surface area contributed by atoms with Crippen LogP contribution < -0.4 is 10.6 Å². The van der Waals surface area contributed by atoms with Crippen LogP contribution in [-0.4, -0.2) is 22.5 Å². The van der Waals surface area contributed by atoms with E-state index in [1.165, 1.54) is 0 Å². The third-order valence-corrected chi connectivity index (χ3v) is 4.10. The highest BCUT2D eigenvalue weighted by Gasteiger charge is 2.51. The number of halogens is 5. The molecular formula is C15H14Cl2F3N3O3. The Labute approximate surface area is 156 Å². The molecule has 0 spiro atoms. The SMILES string of the molecule is Cc1cc(CNC(=O)Nc2c(Cl)cc(C(C)(O)C(F)(F)F)cc2Cl)no1. The van der Waals surface area contributed by atoms with Crippen molar-refractivity contribution in [1.29, 1.82) is 0 Å². The maximum Gasteiger partial charge on any atom is 0.421 e. The third kappa shape index (κ3) is 4.40. The van der Waals surface area contributed by atoms with Crippen LogP contribution in [0.25, 0.3) is 0 Å². The molecule has 0 aliphatic carbocycles. The summed E-state index contributed by atoms with van der Waals surface area (Å²) in [5.74, 6) is 0.570. The number of carbonyl (C=O) groups is 1. The van der Waals surface area contributed by atoms with E-state index < -0.39 is 23.4 Å². The zero-order valence-electron chi connectivity index (χ0n) is 13.5. The highest BCUT2D eigenvalue weighted by Crippen LogP contribution is 2.42. The van der Waals surface area contributed by atoms with Gasteiger partial charge in [-0.3, -0.25) is 0 Å². The fourth-order valence-electron chi connectivity index (χ4n) is 1.97. The van der Waals surface area contributed by atoms with Crippen LogP contribution in [0.3, 0.4) is 0 Å². The number of nitrogens with zero attached hydrogens (tertiary/aromatic N) is 1. The van der Waals surface area contributed by atoms with Gasteiger partial charge in [-0.05, 0) is 31.5 Å². The van der Waals surface area contributed by atoms with Crippen molar-refractivity contribution in [1.82, 2.24) is 10.5 Å². The second kappa shape index (κ2) is 7.34. The Morgan fingerprint density at radius 2 is 1.85 bits per heavy atom. The Hall–Kier alpha value is -1.97. The maximum absolute atomic E-state index is 12.9. The summed E-state index contributed by atoms with van der Waals surface area (Å²) in [5, 5.41) is 17.7. The van der Waals surface area contributed by atoms with Gasteiger partial charge in [0.15, 0.2) is 5.60 Å². The first-order valence-electron chi connectivity index (χ1n) is 7.17. The smallest absolute Gasteiger partial charge is 0.376 e. The van der Waals surface area contributed by atoms with Gasteiger partial charge < -0.3 is 20.3 Å². The first kappa shape index (κ1) is 20.3. The lowest BCUT2D eigenvalue weighted by Crippen LogP contribution is -2.39. The van der Waals surface area contributed by atoms with Crippen molar-refractivity contribution in [2.45, 2.75) is 32.2 Å². The predicted octanol–water partition coefficient (Wildman–Crippen LogP) is 4.38. The van der Waals surface area contributed by atoms with Gasteiger partial charge in [-0.1, -0.05) is 28.4 Å². The van der Waals surface area contributed by atoms with Gasteiger partial charge in [-0.2, -0.15) is 13.2 Å². The van der Waals surface area contributed by atoms with Crippen molar-refractivity contribution in [3.8, 4) is 0 Å². The lowest BCUT2D eigenvalue weighted by atomic mass is 9.95. The number of alkyl halides is 3. The van der Waals surface area contributed by atoms with Crippen molar-refractivity contribution in [3.05, 3.63) is 45.3 Å². The van der Waals surface area contributed by atoms with Crippen molar-refractivity contribution >= 4 is 34.9 Å². The van der Waals surface area contributed by atoms with Crippen molar-refractivity contribution in [2.75, 3.05) is 5.32 Å². The molecule has 1 aromatic heterocycles. The molecule has 0 radical (unpaired) electrons. The van der Waals surface area contributed by atoms with E-state index >= 15 is 0 Å². The summed E-state index contributed by atoms with van der Waals surface area (Å²) < 4.78 is 43.6. The zero-order valence-corrected chi connectivity index (χ0v) is 15.1. The summed E-state index contributed by atoms with van der Waals surface area (Å²) in [5.41, 5.74) is -3.31. The number of rotatable bonds is 4. The minimum absolute atomic E-state index is 0.0548. The van der Waals surface area contributed by atoms with Gasteiger partial charge in [0, 0.05) is 6.07 Å². The second-order valence-corrected chi connectivity index (χ2v) is 6.44. The normalized spacial score (nSPS) is 14.0. The molecule has 0 saturated carbocycles. The number of aliphatic hydroxyl groups is 1. The molecule has 2 amide bonds. The summed E-state index contributed by atoms with van der Waals surface area (Å²) in [4.78, 5) is 11.9. The van der Waals surface area contributed by atoms with Crippen LogP contribution in [0.15, 0.2) is 22.7 Å². The van der Waals surface area contributed by atoms with Gasteiger partial charge in [-0.15, -0.1) is 0 Å². The van der Waals surface area contributed by atoms with Crippen LogP contribution in [0.4, 0.5) is 23.7 Å². The Balaban J connectivity index is 2.14. The first-order chi connectivity index (χ1) is 11.9. The number of amides is 2. The second-order valence-electron chi connectivity index (χ2n) is 5.62. The summed E-state index contributed by atoms with van der Waals surface area (Å²) in [6.07, 6.45) is -4.93. The van der Waals surface area contributed by atoms with E-state index in [4.69, 9.17) is 27.7 Å². The number of hydrogen-bond donors (Lipinski definition) is 3. The number of hydrogen-bond acceptors (Lipinski definition) is 4. The molecule has 26 heavy (non-hydrogen) atoms. The van der Waals surface area contributed by atoms with Crippen LogP contribution in [0, 0.1) is 6.92 Å². The third-order valence-electron chi connectivity index (χ3n) is 3.50. The van der Waals surface area contributed by atoms with E-state index in [0.29, 0.717) is 18.4 Å². The van der Waals surface area contributed by atoms with E-state index in [-0.39, 0.29) is 22.3 Å². The molecular weight excluding hydrogens is 398 g/mol. The molecule has 142 valence electrons. The van der Waals surface area contributed by atoms with Gasteiger partial charge in [0.25, 0.3) is 0 Å². The highest BCUT2D eigenvalue weighted by molar-refractivity contribution is 6.39. The van der Waals surface area contributed by atoms with Crippen molar-refractivity contribution in [3.63, 3.8) is 0 Å². The molecule has 2 aromatic rings. The average molecular weight is 412 g/mol. The molecule has 11 heteroatoms. The van der Waals surface area contributed by atoms with E-state index in [2.05, 4.69) is 15.8 Å². The molecule has 1 aromatic carbocycles. The van der Waals surface area contributed by atoms with Gasteiger partial charge in [0.2, 0.25) is 0 Å². The monoisotopic (exact) mass is 411 g/mol. The Kier molecular flexibility index (Phi) is 5.74. The Bertz CT molecular complexity index is 799. The van der Waals surface area contributed by atoms with Crippen molar-refractivity contribution in [2.24, 2.45) is 0 Å². The van der Waals surface area contributed by atoms with Gasteiger partial charge in [0.05, 0.1) is 22.3 Å². The lowest BCUT2D eigenvalue weighted by Gasteiger charge is -2.27. The van der Waals surface area contributed by atoms with Gasteiger partial charge >= 0.3 is 12.2 Å². The summed E-state index contributed by atoms with van der Waals surface area (Å²) in [6, 6.07) is 2.69. The number of nitrogens with one attached hydrogen (secondary N) is 2. The van der Waals surface area contributed by atoms with Crippen LogP contribution in [0.2, 0.25) is 10.0 Å². The summed E-state index contributed by atoms with van der Waals surface area (Å²) >= 11 is 11.8. The molecule has 6 nitrogen and oxygen atoms in total.